The molecule has 0 amide bonds. The summed E-state index contributed by atoms with van der Waals surface area (Å²) < 4.78 is 5.89. The fraction of sp³-hybridized carbons (Fsp3) is 0.348. The second-order valence-corrected chi connectivity index (χ2v) is 7.49. The molecular formula is C23H28N2O2. The van der Waals surface area contributed by atoms with E-state index in [0.29, 0.717) is 6.61 Å². The molecule has 0 aromatic heterocycles. The van der Waals surface area contributed by atoms with Crippen molar-refractivity contribution in [3.8, 4) is 16.9 Å². The zero-order chi connectivity index (χ0) is 19.3. The molecule has 142 valence electrons. The van der Waals surface area contributed by atoms with E-state index in [9.17, 15) is 0 Å². The van der Waals surface area contributed by atoms with Gasteiger partial charge in [-0.25, -0.2) is 0 Å². The van der Waals surface area contributed by atoms with Crippen LogP contribution in [0.3, 0.4) is 0 Å². The van der Waals surface area contributed by atoms with Gasteiger partial charge in [-0.3, -0.25) is 0 Å². The van der Waals surface area contributed by atoms with Crippen LogP contribution in [0.5, 0.6) is 5.75 Å². The second-order valence-electron chi connectivity index (χ2n) is 7.49. The Morgan fingerprint density at radius 1 is 0.963 bits per heavy atom. The van der Waals surface area contributed by atoms with Crippen molar-refractivity contribution < 1.29 is 9.57 Å². The molecule has 0 bridgehead atoms. The molecule has 2 aromatic rings. The third kappa shape index (κ3) is 4.77. The molecule has 1 aliphatic carbocycles. The number of rotatable bonds is 7. The van der Waals surface area contributed by atoms with Crippen LogP contribution in [0.2, 0.25) is 0 Å². The number of fused-ring (bicyclic) bond motifs is 3. The zero-order valence-corrected chi connectivity index (χ0v) is 16.6. The number of hydrogen-bond donors (Lipinski definition) is 1. The molecule has 4 heteroatoms. The number of oxime groups is 1. The third-order valence-electron chi connectivity index (χ3n) is 4.15. The van der Waals surface area contributed by atoms with Crippen LogP contribution in [-0.2, 0) is 4.84 Å². The number of hydrogen-bond acceptors (Lipinski definition) is 4. The number of benzene rings is 2. The van der Waals surface area contributed by atoms with Crippen molar-refractivity contribution in [3.63, 3.8) is 0 Å². The van der Waals surface area contributed by atoms with Gasteiger partial charge in [-0.1, -0.05) is 48.5 Å². The molecule has 0 unspecified atom stereocenters. The molecule has 27 heavy (non-hydrogen) atoms. The SMILES string of the molecule is CCNC/C=C/COc1ccc2c(c1)/C(=N/OC(C)(C)C)c1ccccc1-2. The van der Waals surface area contributed by atoms with Crippen molar-refractivity contribution >= 4 is 5.71 Å². The second kappa shape index (κ2) is 8.40. The summed E-state index contributed by atoms with van der Waals surface area (Å²) in [6, 6.07) is 14.5. The molecule has 1 N–H and O–H groups in total. The summed E-state index contributed by atoms with van der Waals surface area (Å²) in [6.45, 7) is 10.5. The lowest BCUT2D eigenvalue weighted by Crippen LogP contribution is -2.17. The average Bonchev–Trinajstić information content (AvgIpc) is 2.95. The standard InChI is InChI=1S/C23H28N2O2/c1-5-24-14-8-9-15-26-17-12-13-19-18-10-6-7-11-20(18)22(21(19)16-17)25-27-23(2,3)4/h6-13,16,24H,5,14-15H2,1-4H3/b9-8+,25-22+. The number of nitrogens with zero attached hydrogens (tertiary/aromatic N) is 1. The van der Waals surface area contributed by atoms with E-state index < -0.39 is 0 Å². The molecule has 0 heterocycles. The van der Waals surface area contributed by atoms with Crippen LogP contribution in [0.1, 0.15) is 38.8 Å². The maximum atomic E-state index is 5.89. The lowest BCUT2D eigenvalue weighted by atomic mass is 10.1. The van der Waals surface area contributed by atoms with E-state index in [-0.39, 0.29) is 5.60 Å². The van der Waals surface area contributed by atoms with E-state index in [4.69, 9.17) is 9.57 Å². The van der Waals surface area contributed by atoms with E-state index in [2.05, 4.69) is 53.8 Å². The van der Waals surface area contributed by atoms with Gasteiger partial charge in [0.25, 0.3) is 0 Å². The molecule has 0 spiro atoms. The van der Waals surface area contributed by atoms with Crippen molar-refractivity contribution in [2.45, 2.75) is 33.3 Å². The molecular weight excluding hydrogens is 336 g/mol. The largest absolute Gasteiger partial charge is 0.490 e. The van der Waals surface area contributed by atoms with Crippen LogP contribution < -0.4 is 10.1 Å². The van der Waals surface area contributed by atoms with Gasteiger partial charge in [-0.05, 0) is 56.6 Å². The summed E-state index contributed by atoms with van der Waals surface area (Å²) in [5, 5.41) is 7.74. The molecule has 4 nitrogen and oxygen atoms in total. The fourth-order valence-corrected chi connectivity index (χ4v) is 2.92. The molecule has 0 saturated carbocycles. The van der Waals surface area contributed by atoms with E-state index in [1.165, 1.54) is 5.56 Å². The van der Waals surface area contributed by atoms with Crippen LogP contribution >= 0.6 is 0 Å². The van der Waals surface area contributed by atoms with Gasteiger partial charge in [0.15, 0.2) is 0 Å². The quantitative estimate of drug-likeness (QED) is 0.373. The van der Waals surface area contributed by atoms with Crippen LogP contribution in [0.15, 0.2) is 59.8 Å². The first-order chi connectivity index (χ1) is 13.0. The molecule has 0 atom stereocenters. The van der Waals surface area contributed by atoms with E-state index in [0.717, 1.165) is 41.2 Å². The molecule has 0 fully saturated rings. The normalized spacial score (nSPS) is 14.4. The minimum Gasteiger partial charge on any atom is -0.490 e. The van der Waals surface area contributed by atoms with Gasteiger partial charge in [-0.15, -0.1) is 0 Å². The molecule has 0 aliphatic heterocycles. The number of nitrogens with one attached hydrogen (secondary N) is 1. The highest BCUT2D eigenvalue weighted by atomic mass is 16.6. The van der Waals surface area contributed by atoms with Crippen LogP contribution in [-0.4, -0.2) is 31.0 Å². The number of ether oxygens (including phenoxy) is 1. The summed E-state index contributed by atoms with van der Waals surface area (Å²) in [5.41, 5.74) is 5.02. The summed E-state index contributed by atoms with van der Waals surface area (Å²) in [4.78, 5) is 5.73. The lowest BCUT2D eigenvalue weighted by Gasteiger charge is -2.16. The maximum Gasteiger partial charge on any atom is 0.129 e. The first kappa shape index (κ1) is 19.2. The van der Waals surface area contributed by atoms with Gasteiger partial charge >= 0.3 is 0 Å². The van der Waals surface area contributed by atoms with Crippen molar-refractivity contribution in [1.82, 2.24) is 5.32 Å². The van der Waals surface area contributed by atoms with Crippen LogP contribution in [0.4, 0.5) is 0 Å². The van der Waals surface area contributed by atoms with Gasteiger partial charge in [0, 0.05) is 17.7 Å². The Morgan fingerprint density at radius 3 is 2.44 bits per heavy atom. The Bertz CT molecular complexity index is 848. The molecule has 2 aromatic carbocycles. The summed E-state index contributed by atoms with van der Waals surface area (Å²) in [5.74, 6) is 0.832. The smallest absolute Gasteiger partial charge is 0.129 e. The molecule has 3 rings (SSSR count). The summed E-state index contributed by atoms with van der Waals surface area (Å²) in [7, 11) is 0. The predicted molar refractivity (Wildman–Crippen MR) is 112 cm³/mol. The van der Waals surface area contributed by atoms with E-state index in [1.807, 2.05) is 39.0 Å². The first-order valence-corrected chi connectivity index (χ1v) is 9.48. The Labute approximate surface area is 161 Å². The van der Waals surface area contributed by atoms with Crippen LogP contribution in [0.25, 0.3) is 11.1 Å². The third-order valence-corrected chi connectivity index (χ3v) is 4.15. The highest BCUT2D eigenvalue weighted by molar-refractivity contribution is 6.24. The number of likely N-dealkylation sites (N-methyl/N-ethyl adjacent to an activating group) is 1. The zero-order valence-electron chi connectivity index (χ0n) is 16.6. The van der Waals surface area contributed by atoms with Gasteiger partial charge in [0.2, 0.25) is 0 Å². The minimum absolute atomic E-state index is 0.337. The average molecular weight is 364 g/mol. The Balaban J connectivity index is 1.83. The first-order valence-electron chi connectivity index (χ1n) is 9.48. The van der Waals surface area contributed by atoms with Crippen molar-refractivity contribution in [2.24, 2.45) is 5.16 Å². The van der Waals surface area contributed by atoms with Gasteiger partial charge in [0.1, 0.15) is 23.7 Å². The van der Waals surface area contributed by atoms with Crippen LogP contribution in [0, 0.1) is 0 Å². The summed E-state index contributed by atoms with van der Waals surface area (Å²) >= 11 is 0. The molecule has 0 saturated heterocycles. The van der Waals surface area contributed by atoms with Gasteiger partial charge < -0.3 is 14.9 Å². The predicted octanol–water partition coefficient (Wildman–Crippen LogP) is 4.78. The van der Waals surface area contributed by atoms with E-state index >= 15 is 0 Å². The van der Waals surface area contributed by atoms with Crippen molar-refractivity contribution in [3.05, 3.63) is 65.7 Å². The fourth-order valence-electron chi connectivity index (χ4n) is 2.92. The maximum absolute atomic E-state index is 5.89. The van der Waals surface area contributed by atoms with Crippen molar-refractivity contribution in [2.75, 3.05) is 19.7 Å². The lowest BCUT2D eigenvalue weighted by molar-refractivity contribution is 0.00121. The Kier molecular flexibility index (Phi) is 5.97. The highest BCUT2D eigenvalue weighted by Crippen LogP contribution is 2.39. The Morgan fingerprint density at radius 2 is 1.70 bits per heavy atom. The summed E-state index contributed by atoms with van der Waals surface area (Å²) in [6.07, 6.45) is 4.11. The monoisotopic (exact) mass is 364 g/mol. The topological polar surface area (TPSA) is 42.8 Å². The van der Waals surface area contributed by atoms with Gasteiger partial charge in [0.05, 0.1) is 0 Å². The minimum atomic E-state index is -0.337. The molecule has 0 radical (unpaired) electrons. The van der Waals surface area contributed by atoms with Gasteiger partial charge in [-0.2, -0.15) is 0 Å². The Hall–Kier alpha value is -2.59. The molecule has 1 aliphatic rings. The van der Waals surface area contributed by atoms with Crippen molar-refractivity contribution in [1.29, 1.82) is 0 Å². The highest BCUT2D eigenvalue weighted by Gasteiger charge is 2.26. The van der Waals surface area contributed by atoms with E-state index in [1.54, 1.807) is 0 Å².